The van der Waals surface area contributed by atoms with Gasteiger partial charge in [-0.15, -0.1) is 0 Å². The average molecular weight is 283 g/mol. The summed E-state index contributed by atoms with van der Waals surface area (Å²) in [6.07, 6.45) is 3.71. The first-order valence-corrected chi connectivity index (χ1v) is 7.00. The molecule has 112 valence electrons. The number of carbonyl (C=O) groups excluding carboxylic acids is 2. The van der Waals surface area contributed by atoms with Crippen LogP contribution in [-0.4, -0.2) is 46.5 Å². The molecule has 0 radical (unpaired) electrons. The number of nitrogens with two attached hydrogens (primary N) is 1. The number of amides is 3. The smallest absolute Gasteiger partial charge is 0.317 e. The number of piperidine rings is 1. The highest BCUT2D eigenvalue weighted by Crippen LogP contribution is 2.35. The molecule has 2 aliphatic rings. The highest BCUT2D eigenvalue weighted by molar-refractivity contribution is 5.80. The molecule has 1 saturated carbocycles. The molecule has 20 heavy (non-hydrogen) atoms. The lowest BCUT2D eigenvalue weighted by atomic mass is 9.74. The van der Waals surface area contributed by atoms with Gasteiger partial charge < -0.3 is 21.1 Å². The molecule has 0 aromatic heterocycles. The third-order valence-corrected chi connectivity index (χ3v) is 4.28. The van der Waals surface area contributed by atoms with Crippen molar-refractivity contribution in [1.29, 1.82) is 0 Å². The van der Waals surface area contributed by atoms with Gasteiger partial charge in [-0.2, -0.15) is 0 Å². The van der Waals surface area contributed by atoms with Crippen molar-refractivity contribution >= 4 is 17.9 Å². The van der Waals surface area contributed by atoms with Crippen LogP contribution in [0.4, 0.5) is 4.79 Å². The number of carboxylic acids is 1. The fraction of sp³-hybridized carbons (Fsp3) is 0.769. The number of nitrogens with zero attached hydrogens (tertiary/aromatic N) is 1. The monoisotopic (exact) mass is 283 g/mol. The quantitative estimate of drug-likeness (QED) is 0.688. The summed E-state index contributed by atoms with van der Waals surface area (Å²) in [6.45, 7) is 0.906. The summed E-state index contributed by atoms with van der Waals surface area (Å²) < 4.78 is 0. The Kier molecular flexibility index (Phi) is 4.15. The van der Waals surface area contributed by atoms with Gasteiger partial charge in [0.15, 0.2) is 0 Å². The van der Waals surface area contributed by atoms with E-state index in [1.165, 1.54) is 0 Å². The van der Waals surface area contributed by atoms with Gasteiger partial charge in [0.1, 0.15) is 0 Å². The zero-order valence-electron chi connectivity index (χ0n) is 11.4. The third-order valence-electron chi connectivity index (χ3n) is 4.28. The maximum atomic E-state index is 12.2. The fourth-order valence-electron chi connectivity index (χ4n) is 2.94. The van der Waals surface area contributed by atoms with E-state index in [-0.39, 0.29) is 24.3 Å². The standard InChI is InChI=1S/C13H21N3O4/c14-11(19)9-3-1-6-16(8-9)12(20)15-13(4-2-5-13)7-10(17)18/h9H,1-8H2,(H2,14,19)(H,15,20)(H,17,18). The molecular weight excluding hydrogens is 262 g/mol. The molecule has 1 saturated heterocycles. The second-order valence-corrected chi connectivity index (χ2v) is 5.82. The van der Waals surface area contributed by atoms with E-state index in [0.717, 1.165) is 12.8 Å². The van der Waals surface area contributed by atoms with E-state index in [2.05, 4.69) is 5.32 Å². The molecule has 1 heterocycles. The zero-order chi connectivity index (χ0) is 14.8. The summed E-state index contributed by atoms with van der Waals surface area (Å²) in [5.74, 6) is -1.59. The Balaban J connectivity index is 1.93. The molecule has 1 atom stereocenters. The Labute approximate surface area is 117 Å². The van der Waals surface area contributed by atoms with Crippen LogP contribution in [0.3, 0.4) is 0 Å². The van der Waals surface area contributed by atoms with Crippen molar-refractivity contribution in [2.45, 2.75) is 44.1 Å². The molecule has 0 spiro atoms. The molecule has 0 aromatic rings. The molecule has 1 aliphatic heterocycles. The fourth-order valence-corrected chi connectivity index (χ4v) is 2.94. The van der Waals surface area contributed by atoms with Gasteiger partial charge >= 0.3 is 12.0 Å². The van der Waals surface area contributed by atoms with E-state index in [1.54, 1.807) is 4.90 Å². The van der Waals surface area contributed by atoms with Gasteiger partial charge in [-0.05, 0) is 32.1 Å². The lowest BCUT2D eigenvalue weighted by Crippen LogP contribution is -2.59. The first-order valence-electron chi connectivity index (χ1n) is 7.00. The van der Waals surface area contributed by atoms with Gasteiger partial charge in [-0.3, -0.25) is 9.59 Å². The van der Waals surface area contributed by atoms with Crippen molar-refractivity contribution in [3.8, 4) is 0 Å². The molecule has 4 N–H and O–H groups in total. The second-order valence-electron chi connectivity index (χ2n) is 5.82. The van der Waals surface area contributed by atoms with Gasteiger partial charge in [0.2, 0.25) is 5.91 Å². The normalized spacial score (nSPS) is 24.6. The molecule has 7 heteroatoms. The number of hydrogen-bond donors (Lipinski definition) is 3. The number of rotatable bonds is 4. The summed E-state index contributed by atoms with van der Waals surface area (Å²) in [7, 11) is 0. The van der Waals surface area contributed by atoms with Gasteiger partial charge in [0.05, 0.1) is 17.9 Å². The van der Waals surface area contributed by atoms with Crippen LogP contribution in [0.2, 0.25) is 0 Å². The number of nitrogens with one attached hydrogen (secondary N) is 1. The van der Waals surface area contributed by atoms with Crippen LogP contribution < -0.4 is 11.1 Å². The number of likely N-dealkylation sites (tertiary alicyclic amines) is 1. The first kappa shape index (κ1) is 14.6. The number of primary amides is 1. The Hall–Kier alpha value is -1.79. The summed E-state index contributed by atoms with van der Waals surface area (Å²) in [5, 5.41) is 11.8. The number of urea groups is 1. The summed E-state index contributed by atoms with van der Waals surface area (Å²) in [4.78, 5) is 35.9. The van der Waals surface area contributed by atoms with Crippen molar-refractivity contribution < 1.29 is 19.5 Å². The average Bonchev–Trinajstić information content (AvgIpc) is 2.35. The van der Waals surface area contributed by atoms with Crippen LogP contribution in [-0.2, 0) is 9.59 Å². The van der Waals surface area contributed by atoms with Crippen LogP contribution in [0, 0.1) is 5.92 Å². The predicted molar refractivity (Wildman–Crippen MR) is 70.9 cm³/mol. The minimum absolute atomic E-state index is 0.0498. The molecular formula is C13H21N3O4. The van der Waals surface area contributed by atoms with Crippen LogP contribution in [0.25, 0.3) is 0 Å². The van der Waals surface area contributed by atoms with Crippen molar-refractivity contribution in [3.05, 3.63) is 0 Å². The number of carbonyl (C=O) groups is 3. The van der Waals surface area contributed by atoms with Crippen LogP contribution in [0.15, 0.2) is 0 Å². The van der Waals surface area contributed by atoms with E-state index in [4.69, 9.17) is 10.8 Å². The number of hydrogen-bond acceptors (Lipinski definition) is 3. The molecule has 2 fully saturated rings. The highest BCUT2D eigenvalue weighted by atomic mass is 16.4. The van der Waals surface area contributed by atoms with E-state index >= 15 is 0 Å². The first-order chi connectivity index (χ1) is 9.42. The molecule has 1 aliphatic carbocycles. The van der Waals surface area contributed by atoms with E-state index in [9.17, 15) is 14.4 Å². The summed E-state index contributed by atoms with van der Waals surface area (Å²) >= 11 is 0. The predicted octanol–water partition coefficient (Wildman–Crippen LogP) is 0.291. The molecule has 2 rings (SSSR count). The van der Waals surface area contributed by atoms with Gasteiger partial charge in [-0.25, -0.2) is 4.79 Å². The van der Waals surface area contributed by atoms with Gasteiger partial charge in [0.25, 0.3) is 0 Å². The largest absolute Gasteiger partial charge is 0.481 e. The van der Waals surface area contributed by atoms with Gasteiger partial charge in [-0.1, -0.05) is 0 Å². The maximum Gasteiger partial charge on any atom is 0.317 e. The zero-order valence-corrected chi connectivity index (χ0v) is 11.4. The lowest BCUT2D eigenvalue weighted by Gasteiger charge is -2.43. The topological polar surface area (TPSA) is 113 Å². The Bertz CT molecular complexity index is 420. The van der Waals surface area contributed by atoms with Crippen molar-refractivity contribution in [2.24, 2.45) is 11.7 Å². The molecule has 0 bridgehead atoms. The Morgan fingerprint density at radius 1 is 1.30 bits per heavy atom. The maximum absolute atomic E-state index is 12.2. The second kappa shape index (κ2) is 5.68. The SMILES string of the molecule is NC(=O)C1CCCN(C(=O)NC2(CC(=O)O)CCC2)C1. The molecule has 0 aromatic carbocycles. The molecule has 7 nitrogen and oxygen atoms in total. The Morgan fingerprint density at radius 3 is 2.50 bits per heavy atom. The molecule has 3 amide bonds. The third kappa shape index (κ3) is 3.20. The van der Waals surface area contributed by atoms with Crippen LogP contribution >= 0.6 is 0 Å². The van der Waals surface area contributed by atoms with E-state index in [1.807, 2.05) is 0 Å². The lowest BCUT2D eigenvalue weighted by molar-refractivity contribution is -0.139. The van der Waals surface area contributed by atoms with Crippen LogP contribution in [0.1, 0.15) is 38.5 Å². The van der Waals surface area contributed by atoms with Gasteiger partial charge in [0, 0.05) is 13.1 Å². The van der Waals surface area contributed by atoms with E-state index < -0.39 is 11.5 Å². The minimum atomic E-state index is -0.904. The summed E-state index contributed by atoms with van der Waals surface area (Å²) in [5.41, 5.74) is 4.68. The minimum Gasteiger partial charge on any atom is -0.481 e. The number of carboxylic acid groups (broad SMARTS) is 1. The van der Waals surface area contributed by atoms with Crippen molar-refractivity contribution in [1.82, 2.24) is 10.2 Å². The number of aliphatic carboxylic acids is 1. The molecule has 1 unspecified atom stereocenters. The Morgan fingerprint density at radius 2 is 2.00 bits per heavy atom. The van der Waals surface area contributed by atoms with Crippen molar-refractivity contribution in [3.63, 3.8) is 0 Å². The summed E-state index contributed by atoms with van der Waals surface area (Å²) in [6, 6.07) is -0.281. The van der Waals surface area contributed by atoms with Crippen LogP contribution in [0.5, 0.6) is 0 Å². The highest BCUT2D eigenvalue weighted by Gasteiger charge is 2.41. The van der Waals surface area contributed by atoms with Crippen molar-refractivity contribution in [2.75, 3.05) is 13.1 Å². The van der Waals surface area contributed by atoms with E-state index in [0.29, 0.717) is 32.4 Å².